The SMILES string of the molecule is O=C(Cc1ccccc1)Nc1cncc(-c2cc3c(-c4nc5c(-c6cc(O)cc(F)c6)ccnc5[nH]4)n[nH]c3cn2)c1. The Balaban J connectivity index is 1.22. The zero-order valence-corrected chi connectivity index (χ0v) is 21.8. The Labute approximate surface area is 237 Å². The van der Waals surface area contributed by atoms with Crippen molar-refractivity contribution in [1.29, 1.82) is 0 Å². The largest absolute Gasteiger partial charge is 0.508 e. The molecule has 0 aliphatic carbocycles. The number of benzene rings is 2. The lowest BCUT2D eigenvalue weighted by atomic mass is 10.1. The summed E-state index contributed by atoms with van der Waals surface area (Å²) in [5, 5.41) is 21.0. The summed E-state index contributed by atoms with van der Waals surface area (Å²) in [7, 11) is 0. The number of imidazole rings is 1. The first-order valence-electron chi connectivity index (χ1n) is 13.0. The van der Waals surface area contributed by atoms with Gasteiger partial charge in [0.1, 0.15) is 22.8 Å². The molecule has 7 aromatic rings. The zero-order valence-electron chi connectivity index (χ0n) is 21.8. The average Bonchev–Trinajstić information content (AvgIpc) is 3.61. The molecule has 2 aromatic carbocycles. The lowest BCUT2D eigenvalue weighted by molar-refractivity contribution is -0.115. The lowest BCUT2D eigenvalue weighted by Gasteiger charge is -2.07. The smallest absolute Gasteiger partial charge is 0.228 e. The monoisotopic (exact) mass is 556 g/mol. The Morgan fingerprint density at radius 3 is 2.69 bits per heavy atom. The highest BCUT2D eigenvalue weighted by Gasteiger charge is 2.18. The van der Waals surface area contributed by atoms with Crippen LogP contribution in [0, 0.1) is 5.82 Å². The maximum Gasteiger partial charge on any atom is 0.228 e. The summed E-state index contributed by atoms with van der Waals surface area (Å²) in [5.41, 5.74) is 6.12. The van der Waals surface area contributed by atoms with E-state index < -0.39 is 5.82 Å². The summed E-state index contributed by atoms with van der Waals surface area (Å²) in [4.78, 5) is 33.8. The van der Waals surface area contributed by atoms with Crippen LogP contribution < -0.4 is 5.32 Å². The van der Waals surface area contributed by atoms with Gasteiger partial charge in [-0.2, -0.15) is 5.10 Å². The molecule has 0 radical (unpaired) electrons. The number of aromatic hydroxyl groups is 1. The molecule has 0 atom stereocenters. The minimum Gasteiger partial charge on any atom is -0.508 e. The summed E-state index contributed by atoms with van der Waals surface area (Å²) in [6.45, 7) is 0. The van der Waals surface area contributed by atoms with Crippen molar-refractivity contribution in [2.24, 2.45) is 0 Å². The lowest BCUT2D eigenvalue weighted by Crippen LogP contribution is -2.14. The van der Waals surface area contributed by atoms with Crippen molar-refractivity contribution < 1.29 is 14.3 Å². The van der Waals surface area contributed by atoms with Gasteiger partial charge in [-0.05, 0) is 41.5 Å². The number of rotatable bonds is 6. The molecule has 0 fully saturated rings. The second-order valence-electron chi connectivity index (χ2n) is 9.70. The van der Waals surface area contributed by atoms with Crippen molar-refractivity contribution in [3.05, 3.63) is 103 Å². The number of carbonyl (C=O) groups is 1. The van der Waals surface area contributed by atoms with Gasteiger partial charge in [0.15, 0.2) is 11.5 Å². The third-order valence-electron chi connectivity index (χ3n) is 6.78. The molecule has 11 heteroatoms. The van der Waals surface area contributed by atoms with Gasteiger partial charge < -0.3 is 15.4 Å². The highest BCUT2D eigenvalue weighted by atomic mass is 19.1. The van der Waals surface area contributed by atoms with Crippen molar-refractivity contribution in [3.8, 4) is 39.7 Å². The molecule has 0 saturated heterocycles. The van der Waals surface area contributed by atoms with Gasteiger partial charge in [-0.3, -0.25) is 19.9 Å². The van der Waals surface area contributed by atoms with Crippen molar-refractivity contribution in [1.82, 2.24) is 35.1 Å². The molecule has 1 amide bonds. The second-order valence-corrected chi connectivity index (χ2v) is 9.70. The molecular formula is C31H21FN8O2. The van der Waals surface area contributed by atoms with Gasteiger partial charge in [-0.15, -0.1) is 0 Å². The van der Waals surface area contributed by atoms with Gasteiger partial charge in [-0.1, -0.05) is 30.3 Å². The number of aromatic amines is 2. The van der Waals surface area contributed by atoms with E-state index in [9.17, 15) is 14.3 Å². The second kappa shape index (κ2) is 10.2. The molecule has 7 rings (SSSR count). The Kier molecular flexibility index (Phi) is 6.08. The maximum absolute atomic E-state index is 14.0. The molecule has 0 bridgehead atoms. The fourth-order valence-corrected chi connectivity index (χ4v) is 4.88. The number of carbonyl (C=O) groups excluding carboxylic acids is 1. The third kappa shape index (κ3) is 4.79. The topological polar surface area (TPSA) is 145 Å². The summed E-state index contributed by atoms with van der Waals surface area (Å²) < 4.78 is 14.0. The minimum absolute atomic E-state index is 0.146. The number of phenolic OH excluding ortho intramolecular Hbond substituents is 1. The highest BCUT2D eigenvalue weighted by molar-refractivity contribution is 5.97. The number of nitrogens with one attached hydrogen (secondary N) is 3. The number of anilines is 1. The molecule has 42 heavy (non-hydrogen) atoms. The van der Waals surface area contributed by atoms with Crippen LogP contribution in [0.5, 0.6) is 5.75 Å². The van der Waals surface area contributed by atoms with Crippen LogP contribution in [0.2, 0.25) is 0 Å². The first-order valence-corrected chi connectivity index (χ1v) is 13.0. The fourth-order valence-electron chi connectivity index (χ4n) is 4.88. The molecule has 5 aromatic heterocycles. The van der Waals surface area contributed by atoms with E-state index in [4.69, 9.17) is 4.98 Å². The molecule has 4 N–H and O–H groups in total. The van der Waals surface area contributed by atoms with Crippen LogP contribution in [-0.4, -0.2) is 46.1 Å². The number of hydrogen-bond donors (Lipinski definition) is 4. The quantitative estimate of drug-likeness (QED) is 0.207. The average molecular weight is 557 g/mol. The summed E-state index contributed by atoms with van der Waals surface area (Å²) in [6, 6.07) is 18.8. The molecule has 0 aliphatic heterocycles. The minimum atomic E-state index is -0.557. The summed E-state index contributed by atoms with van der Waals surface area (Å²) in [5.74, 6) is -0.433. The Hall–Kier alpha value is -5.97. The molecule has 0 saturated carbocycles. The standard InChI is InChI=1S/C31H21FN8O2/c32-20-9-18(11-22(41)12-20)23-6-7-34-30-28(23)37-31(38-30)29-24-13-25(35-16-26(24)39-40-29)19-10-21(15-33-14-19)36-27(42)8-17-4-2-1-3-5-17/h1-7,9-16,41H,8H2,(H,36,42)(H,39,40)(H,34,37,38). The highest BCUT2D eigenvalue weighted by Crippen LogP contribution is 2.33. The number of H-pyrrole nitrogens is 2. The van der Waals surface area contributed by atoms with Crippen LogP contribution >= 0.6 is 0 Å². The Bertz CT molecular complexity index is 2090. The van der Waals surface area contributed by atoms with Gasteiger partial charge in [0.05, 0.1) is 35.7 Å². The number of nitrogens with zero attached hydrogens (tertiary/aromatic N) is 5. The van der Waals surface area contributed by atoms with Crippen LogP contribution in [0.1, 0.15) is 5.56 Å². The van der Waals surface area contributed by atoms with E-state index in [0.29, 0.717) is 56.3 Å². The van der Waals surface area contributed by atoms with Crippen LogP contribution in [-0.2, 0) is 11.2 Å². The molecule has 10 nitrogen and oxygen atoms in total. The predicted octanol–water partition coefficient (Wildman–Crippen LogP) is 5.65. The van der Waals surface area contributed by atoms with E-state index in [1.807, 2.05) is 42.5 Å². The molecule has 0 unspecified atom stereocenters. The number of pyridine rings is 3. The number of aromatic nitrogens is 7. The molecular weight excluding hydrogens is 535 g/mol. The van der Waals surface area contributed by atoms with Gasteiger partial charge in [0.2, 0.25) is 5.91 Å². The fraction of sp³-hybridized carbons (Fsp3) is 0.0323. The number of phenols is 1. The van der Waals surface area contributed by atoms with Crippen LogP contribution in [0.3, 0.4) is 0 Å². The number of halogens is 1. The van der Waals surface area contributed by atoms with Gasteiger partial charge in [-0.25, -0.2) is 14.4 Å². The molecule has 0 aliphatic rings. The van der Waals surface area contributed by atoms with E-state index >= 15 is 0 Å². The first-order chi connectivity index (χ1) is 20.5. The van der Waals surface area contributed by atoms with E-state index in [-0.39, 0.29) is 18.1 Å². The predicted molar refractivity (Wildman–Crippen MR) is 156 cm³/mol. The number of hydrogen-bond acceptors (Lipinski definition) is 7. The van der Waals surface area contributed by atoms with Crippen molar-refractivity contribution in [2.45, 2.75) is 6.42 Å². The maximum atomic E-state index is 14.0. The van der Waals surface area contributed by atoms with Gasteiger partial charge in [0.25, 0.3) is 0 Å². The van der Waals surface area contributed by atoms with Crippen LogP contribution in [0.15, 0.2) is 91.5 Å². The third-order valence-corrected chi connectivity index (χ3v) is 6.78. The van der Waals surface area contributed by atoms with E-state index in [1.165, 1.54) is 12.1 Å². The molecule has 204 valence electrons. The van der Waals surface area contributed by atoms with E-state index in [1.54, 1.807) is 30.9 Å². The van der Waals surface area contributed by atoms with Crippen molar-refractivity contribution in [2.75, 3.05) is 5.32 Å². The number of fused-ring (bicyclic) bond motifs is 2. The van der Waals surface area contributed by atoms with Crippen molar-refractivity contribution in [3.63, 3.8) is 0 Å². The van der Waals surface area contributed by atoms with Crippen LogP contribution in [0.4, 0.5) is 10.1 Å². The summed E-state index contributed by atoms with van der Waals surface area (Å²) >= 11 is 0. The molecule has 0 spiro atoms. The van der Waals surface area contributed by atoms with Gasteiger partial charge in [0, 0.05) is 35.0 Å². The Morgan fingerprint density at radius 2 is 1.83 bits per heavy atom. The first kappa shape index (κ1) is 25.0. The number of amides is 1. The van der Waals surface area contributed by atoms with Gasteiger partial charge >= 0.3 is 0 Å². The van der Waals surface area contributed by atoms with E-state index in [0.717, 1.165) is 17.0 Å². The van der Waals surface area contributed by atoms with Crippen LogP contribution in [0.25, 0.3) is 56.0 Å². The normalized spacial score (nSPS) is 11.3. The van der Waals surface area contributed by atoms with Crippen molar-refractivity contribution >= 4 is 33.7 Å². The summed E-state index contributed by atoms with van der Waals surface area (Å²) in [6.07, 6.45) is 6.77. The Morgan fingerprint density at radius 1 is 0.952 bits per heavy atom. The zero-order chi connectivity index (χ0) is 28.6. The van der Waals surface area contributed by atoms with E-state index in [2.05, 4.69) is 35.5 Å². The molecule has 5 heterocycles.